The van der Waals surface area contributed by atoms with Gasteiger partial charge >= 0.3 is 0 Å². The summed E-state index contributed by atoms with van der Waals surface area (Å²) in [5, 5.41) is 11.8. The van der Waals surface area contributed by atoms with Gasteiger partial charge in [-0.3, -0.25) is 4.79 Å². The fourth-order valence-corrected chi connectivity index (χ4v) is 2.14. The zero-order valence-electron chi connectivity index (χ0n) is 13.2. The van der Waals surface area contributed by atoms with Gasteiger partial charge in [-0.1, -0.05) is 24.3 Å². The van der Waals surface area contributed by atoms with Gasteiger partial charge in [0.1, 0.15) is 11.8 Å². The van der Waals surface area contributed by atoms with Crippen LogP contribution in [0.1, 0.15) is 11.1 Å². The minimum Gasteiger partial charge on any atom is -0.482 e. The number of nitriles is 1. The van der Waals surface area contributed by atoms with E-state index in [1.54, 1.807) is 24.3 Å². The summed E-state index contributed by atoms with van der Waals surface area (Å²) in [5.74, 6) is 0.145. The number of nitrogens with zero attached hydrogens (tertiary/aromatic N) is 2. The van der Waals surface area contributed by atoms with E-state index in [1.165, 1.54) is 0 Å². The first-order valence-corrected chi connectivity index (χ1v) is 7.24. The van der Waals surface area contributed by atoms with Crippen molar-refractivity contribution in [2.75, 3.05) is 26.0 Å². The van der Waals surface area contributed by atoms with E-state index in [0.717, 1.165) is 17.8 Å². The molecule has 1 N–H and O–H groups in total. The molecule has 0 spiro atoms. The van der Waals surface area contributed by atoms with Gasteiger partial charge in [0, 0.05) is 12.2 Å². The molecule has 0 atom stereocenters. The Morgan fingerprint density at radius 3 is 2.74 bits per heavy atom. The lowest BCUT2D eigenvalue weighted by atomic mass is 10.2. The minimum atomic E-state index is -0.264. The summed E-state index contributed by atoms with van der Waals surface area (Å²) in [5.41, 5.74) is 2.25. The second-order valence-corrected chi connectivity index (χ2v) is 5.38. The lowest BCUT2D eigenvalue weighted by molar-refractivity contribution is -0.118. The Morgan fingerprint density at radius 1 is 1.22 bits per heavy atom. The summed E-state index contributed by atoms with van der Waals surface area (Å²) in [4.78, 5) is 14.0. The Labute approximate surface area is 136 Å². The molecule has 0 saturated heterocycles. The molecule has 2 rings (SSSR count). The highest BCUT2D eigenvalue weighted by molar-refractivity contribution is 5.91. The second kappa shape index (κ2) is 7.97. The Kier molecular flexibility index (Phi) is 5.73. The molecule has 0 fully saturated rings. The zero-order chi connectivity index (χ0) is 16.7. The van der Waals surface area contributed by atoms with E-state index < -0.39 is 0 Å². The van der Waals surface area contributed by atoms with E-state index in [-0.39, 0.29) is 12.5 Å². The molecule has 0 unspecified atom stereocenters. The molecule has 2 aromatic carbocycles. The van der Waals surface area contributed by atoms with E-state index in [4.69, 9.17) is 10.00 Å². The second-order valence-electron chi connectivity index (χ2n) is 5.38. The third kappa shape index (κ3) is 5.13. The number of amides is 1. The molecule has 0 bridgehead atoms. The summed E-state index contributed by atoms with van der Waals surface area (Å²) < 4.78 is 5.41. The van der Waals surface area contributed by atoms with Crippen molar-refractivity contribution in [1.82, 2.24) is 4.90 Å². The quantitative estimate of drug-likeness (QED) is 0.891. The van der Waals surface area contributed by atoms with Crippen LogP contribution in [0.5, 0.6) is 5.75 Å². The van der Waals surface area contributed by atoms with E-state index in [1.807, 2.05) is 44.4 Å². The molecule has 0 aliphatic carbocycles. The standard InChI is InChI=1S/C18H19N3O2/c1-21(2)12-14-6-5-8-16(10-14)20-18(22)13-23-17-9-4-3-7-15(17)11-19/h3-10H,12-13H2,1-2H3,(H,20,22). The van der Waals surface area contributed by atoms with Crippen molar-refractivity contribution in [1.29, 1.82) is 5.26 Å². The summed E-state index contributed by atoms with van der Waals surface area (Å²) in [6.07, 6.45) is 0. The molecule has 1 amide bonds. The average Bonchev–Trinajstić information content (AvgIpc) is 2.53. The summed E-state index contributed by atoms with van der Waals surface area (Å²) >= 11 is 0. The van der Waals surface area contributed by atoms with Crippen molar-refractivity contribution in [2.24, 2.45) is 0 Å². The number of benzene rings is 2. The topological polar surface area (TPSA) is 65.4 Å². The van der Waals surface area contributed by atoms with Crippen molar-refractivity contribution in [3.8, 4) is 11.8 Å². The van der Waals surface area contributed by atoms with E-state index in [0.29, 0.717) is 11.3 Å². The molecule has 118 valence electrons. The lowest BCUT2D eigenvalue weighted by Gasteiger charge is -2.12. The predicted molar refractivity (Wildman–Crippen MR) is 89.1 cm³/mol. The molecule has 0 aliphatic heterocycles. The molecule has 23 heavy (non-hydrogen) atoms. The van der Waals surface area contributed by atoms with Gasteiger partial charge in [0.25, 0.3) is 5.91 Å². The summed E-state index contributed by atoms with van der Waals surface area (Å²) in [6, 6.07) is 16.5. The minimum absolute atomic E-state index is 0.142. The van der Waals surface area contributed by atoms with Crippen LogP contribution in [-0.4, -0.2) is 31.5 Å². The van der Waals surface area contributed by atoms with Gasteiger partial charge in [-0.25, -0.2) is 0 Å². The van der Waals surface area contributed by atoms with Crippen LogP contribution in [0, 0.1) is 11.3 Å². The van der Waals surface area contributed by atoms with Crippen molar-refractivity contribution >= 4 is 11.6 Å². The van der Waals surface area contributed by atoms with Crippen LogP contribution in [0.4, 0.5) is 5.69 Å². The van der Waals surface area contributed by atoms with E-state index in [2.05, 4.69) is 10.2 Å². The molecule has 0 aliphatic rings. The number of anilines is 1. The molecule has 0 aromatic heterocycles. The average molecular weight is 309 g/mol. The first-order chi connectivity index (χ1) is 11.1. The number of carbonyl (C=O) groups is 1. The normalized spacial score (nSPS) is 10.2. The highest BCUT2D eigenvalue weighted by Crippen LogP contribution is 2.17. The van der Waals surface area contributed by atoms with Gasteiger partial charge in [0.15, 0.2) is 6.61 Å². The van der Waals surface area contributed by atoms with E-state index in [9.17, 15) is 4.79 Å². The first-order valence-electron chi connectivity index (χ1n) is 7.24. The number of hydrogen-bond acceptors (Lipinski definition) is 4. The molecule has 5 nitrogen and oxygen atoms in total. The lowest BCUT2D eigenvalue weighted by Crippen LogP contribution is -2.20. The van der Waals surface area contributed by atoms with Crippen LogP contribution < -0.4 is 10.1 Å². The Morgan fingerprint density at radius 2 is 2.00 bits per heavy atom. The van der Waals surface area contributed by atoms with Gasteiger partial charge in [-0.15, -0.1) is 0 Å². The van der Waals surface area contributed by atoms with Crippen LogP contribution >= 0.6 is 0 Å². The van der Waals surface area contributed by atoms with Gasteiger partial charge in [-0.2, -0.15) is 5.26 Å². The molecule has 2 aromatic rings. The van der Waals surface area contributed by atoms with Crippen LogP contribution in [0.3, 0.4) is 0 Å². The van der Waals surface area contributed by atoms with Gasteiger partial charge in [0.05, 0.1) is 5.56 Å². The Bertz CT molecular complexity index is 720. The van der Waals surface area contributed by atoms with Crippen molar-refractivity contribution in [3.63, 3.8) is 0 Å². The first kappa shape index (κ1) is 16.5. The molecular formula is C18H19N3O2. The molecule has 0 radical (unpaired) electrons. The Hall–Kier alpha value is -2.84. The number of para-hydroxylation sites is 1. The predicted octanol–water partition coefficient (Wildman–Crippen LogP) is 2.64. The fourth-order valence-electron chi connectivity index (χ4n) is 2.14. The molecule has 0 saturated carbocycles. The Balaban J connectivity index is 1.94. The third-order valence-electron chi connectivity index (χ3n) is 3.08. The fraction of sp³-hybridized carbons (Fsp3) is 0.222. The maximum absolute atomic E-state index is 12.0. The zero-order valence-corrected chi connectivity index (χ0v) is 13.2. The van der Waals surface area contributed by atoms with Crippen LogP contribution in [0.15, 0.2) is 48.5 Å². The molecule has 5 heteroatoms. The smallest absolute Gasteiger partial charge is 0.262 e. The van der Waals surface area contributed by atoms with E-state index >= 15 is 0 Å². The maximum atomic E-state index is 12.0. The summed E-state index contributed by atoms with van der Waals surface area (Å²) in [7, 11) is 3.98. The molecular weight excluding hydrogens is 290 g/mol. The number of ether oxygens (including phenoxy) is 1. The number of hydrogen-bond donors (Lipinski definition) is 1. The van der Waals surface area contributed by atoms with Crippen molar-refractivity contribution in [2.45, 2.75) is 6.54 Å². The van der Waals surface area contributed by atoms with Crippen molar-refractivity contribution < 1.29 is 9.53 Å². The number of rotatable bonds is 6. The highest BCUT2D eigenvalue weighted by Gasteiger charge is 2.07. The summed E-state index contributed by atoms with van der Waals surface area (Å²) in [6.45, 7) is 0.659. The SMILES string of the molecule is CN(C)Cc1cccc(NC(=O)COc2ccccc2C#N)c1. The highest BCUT2D eigenvalue weighted by atomic mass is 16.5. The largest absolute Gasteiger partial charge is 0.482 e. The third-order valence-corrected chi connectivity index (χ3v) is 3.08. The van der Waals surface area contributed by atoms with Crippen LogP contribution in [0.2, 0.25) is 0 Å². The van der Waals surface area contributed by atoms with Crippen LogP contribution in [-0.2, 0) is 11.3 Å². The van der Waals surface area contributed by atoms with Crippen LogP contribution in [0.25, 0.3) is 0 Å². The number of nitrogens with one attached hydrogen (secondary N) is 1. The number of carbonyl (C=O) groups excluding carboxylic acids is 1. The van der Waals surface area contributed by atoms with Gasteiger partial charge < -0.3 is 15.0 Å². The maximum Gasteiger partial charge on any atom is 0.262 e. The van der Waals surface area contributed by atoms with Crippen molar-refractivity contribution in [3.05, 3.63) is 59.7 Å². The molecule has 0 heterocycles. The van der Waals surface area contributed by atoms with Gasteiger partial charge in [0.2, 0.25) is 0 Å². The monoisotopic (exact) mass is 309 g/mol. The van der Waals surface area contributed by atoms with Gasteiger partial charge in [-0.05, 0) is 43.9 Å².